The van der Waals surface area contributed by atoms with E-state index in [-0.39, 0.29) is 0 Å². The highest BCUT2D eigenvalue weighted by Crippen LogP contribution is 2.14. The zero-order valence-corrected chi connectivity index (χ0v) is 11.3. The molecule has 2 N–H and O–H groups in total. The van der Waals surface area contributed by atoms with Crippen molar-refractivity contribution in [3.63, 3.8) is 0 Å². The fraction of sp³-hybridized carbons (Fsp3) is 0.692. The molecule has 0 spiro atoms. The van der Waals surface area contributed by atoms with Gasteiger partial charge in [0.1, 0.15) is 0 Å². The van der Waals surface area contributed by atoms with Gasteiger partial charge in [-0.05, 0) is 48.6 Å². The Morgan fingerprint density at radius 2 is 2.12 bits per heavy atom. The minimum atomic E-state index is -0.539. The summed E-state index contributed by atoms with van der Waals surface area (Å²) in [5, 5.41) is 17.9. The first-order valence-corrected chi connectivity index (χ1v) is 7.00. The van der Waals surface area contributed by atoms with Gasteiger partial charge < -0.3 is 10.4 Å². The third kappa shape index (κ3) is 4.24. The van der Waals surface area contributed by atoms with E-state index in [1.54, 1.807) is 11.3 Å². The van der Waals surface area contributed by atoms with Gasteiger partial charge in [-0.2, -0.15) is 11.3 Å². The molecule has 0 aliphatic rings. The Hall–Kier alpha value is -0.380. The lowest BCUT2D eigenvalue weighted by atomic mass is 9.97. The van der Waals surface area contributed by atoms with Crippen molar-refractivity contribution in [3.8, 4) is 0 Å². The lowest BCUT2D eigenvalue weighted by molar-refractivity contribution is 0.0304. The number of hydrogen-bond acceptors (Lipinski definition) is 3. The Morgan fingerprint density at radius 1 is 1.44 bits per heavy atom. The van der Waals surface area contributed by atoms with Crippen LogP contribution in [0.4, 0.5) is 0 Å². The summed E-state index contributed by atoms with van der Waals surface area (Å²) >= 11 is 1.74. The summed E-state index contributed by atoms with van der Waals surface area (Å²) in [6.45, 7) is 6.93. The Bertz CT molecular complexity index is 280. The van der Waals surface area contributed by atoms with Crippen molar-refractivity contribution in [1.82, 2.24) is 5.32 Å². The molecule has 0 radical (unpaired) electrons. The van der Waals surface area contributed by atoms with Crippen LogP contribution in [0.15, 0.2) is 16.8 Å². The van der Waals surface area contributed by atoms with Crippen molar-refractivity contribution in [2.45, 2.75) is 51.7 Å². The maximum atomic E-state index is 10.1. The third-order valence-electron chi connectivity index (χ3n) is 3.22. The molecule has 1 aromatic heterocycles. The van der Waals surface area contributed by atoms with Crippen LogP contribution in [-0.2, 0) is 6.42 Å². The lowest BCUT2D eigenvalue weighted by Gasteiger charge is -2.27. The molecular weight excluding hydrogens is 218 g/mol. The van der Waals surface area contributed by atoms with E-state index in [1.165, 1.54) is 5.56 Å². The van der Waals surface area contributed by atoms with Crippen LogP contribution in [0.2, 0.25) is 0 Å². The second-order valence-electron chi connectivity index (χ2n) is 4.55. The van der Waals surface area contributed by atoms with E-state index in [0.29, 0.717) is 12.6 Å². The molecule has 1 rings (SSSR count). The van der Waals surface area contributed by atoms with E-state index in [2.05, 4.69) is 29.1 Å². The molecule has 1 unspecified atom stereocenters. The Balaban J connectivity index is 2.32. The second kappa shape index (κ2) is 6.38. The van der Waals surface area contributed by atoms with Crippen molar-refractivity contribution in [3.05, 3.63) is 22.4 Å². The first kappa shape index (κ1) is 13.7. The second-order valence-corrected chi connectivity index (χ2v) is 5.33. The molecule has 0 fully saturated rings. The minimum Gasteiger partial charge on any atom is -0.389 e. The average Bonchev–Trinajstić information content (AvgIpc) is 2.79. The third-order valence-corrected chi connectivity index (χ3v) is 3.95. The molecule has 0 aromatic carbocycles. The minimum absolute atomic E-state index is 0.416. The molecule has 16 heavy (non-hydrogen) atoms. The number of aliphatic hydroxyl groups is 1. The molecule has 3 heteroatoms. The van der Waals surface area contributed by atoms with Crippen LogP contribution in [0.5, 0.6) is 0 Å². The number of thiophene rings is 1. The van der Waals surface area contributed by atoms with Crippen molar-refractivity contribution in [2.24, 2.45) is 0 Å². The van der Waals surface area contributed by atoms with Gasteiger partial charge in [-0.1, -0.05) is 13.8 Å². The van der Waals surface area contributed by atoms with Crippen molar-refractivity contribution < 1.29 is 5.11 Å². The van der Waals surface area contributed by atoms with Gasteiger partial charge >= 0.3 is 0 Å². The maximum Gasteiger partial charge on any atom is 0.0766 e. The van der Waals surface area contributed by atoms with Gasteiger partial charge in [0.2, 0.25) is 0 Å². The molecule has 1 heterocycles. The highest BCUT2D eigenvalue weighted by Gasteiger charge is 2.22. The Labute approximate surface area is 103 Å². The molecule has 2 nitrogen and oxygen atoms in total. The van der Waals surface area contributed by atoms with Gasteiger partial charge in [-0.25, -0.2) is 0 Å². The van der Waals surface area contributed by atoms with Crippen LogP contribution < -0.4 is 5.32 Å². The predicted molar refractivity (Wildman–Crippen MR) is 71.0 cm³/mol. The average molecular weight is 241 g/mol. The fourth-order valence-electron chi connectivity index (χ4n) is 1.70. The Kier molecular flexibility index (Phi) is 5.46. The van der Waals surface area contributed by atoms with Gasteiger partial charge in [0.05, 0.1) is 5.60 Å². The Morgan fingerprint density at radius 3 is 2.62 bits per heavy atom. The van der Waals surface area contributed by atoms with Crippen LogP contribution >= 0.6 is 11.3 Å². The molecule has 0 amide bonds. The summed E-state index contributed by atoms with van der Waals surface area (Å²) in [6.07, 6.45) is 2.65. The summed E-state index contributed by atoms with van der Waals surface area (Å²) in [5.74, 6) is 0. The van der Waals surface area contributed by atoms with Crippen LogP contribution in [0.1, 0.15) is 39.2 Å². The molecule has 0 aliphatic carbocycles. The molecule has 92 valence electrons. The largest absolute Gasteiger partial charge is 0.389 e. The summed E-state index contributed by atoms with van der Waals surface area (Å²) in [6, 6.07) is 2.58. The number of hydrogen-bond donors (Lipinski definition) is 2. The SMILES string of the molecule is CCC(O)(CC)CNC(C)Cc1ccsc1. The zero-order valence-electron chi connectivity index (χ0n) is 10.5. The molecule has 1 aromatic rings. The topological polar surface area (TPSA) is 32.3 Å². The van der Waals surface area contributed by atoms with Crippen LogP contribution in [0, 0.1) is 0 Å². The van der Waals surface area contributed by atoms with Crippen LogP contribution in [0.3, 0.4) is 0 Å². The monoisotopic (exact) mass is 241 g/mol. The van der Waals surface area contributed by atoms with E-state index in [9.17, 15) is 5.11 Å². The predicted octanol–water partition coefficient (Wildman–Crippen LogP) is 2.82. The lowest BCUT2D eigenvalue weighted by Crippen LogP contribution is -2.43. The molecule has 0 bridgehead atoms. The maximum absolute atomic E-state index is 10.1. The summed E-state index contributed by atoms with van der Waals surface area (Å²) in [7, 11) is 0. The van der Waals surface area contributed by atoms with E-state index in [1.807, 2.05) is 13.8 Å². The van der Waals surface area contributed by atoms with Crippen LogP contribution in [0.25, 0.3) is 0 Å². The van der Waals surface area contributed by atoms with E-state index in [0.717, 1.165) is 19.3 Å². The van der Waals surface area contributed by atoms with E-state index >= 15 is 0 Å². The van der Waals surface area contributed by atoms with E-state index in [4.69, 9.17) is 0 Å². The summed E-state index contributed by atoms with van der Waals surface area (Å²) in [4.78, 5) is 0. The molecule has 0 saturated carbocycles. The smallest absolute Gasteiger partial charge is 0.0766 e. The van der Waals surface area contributed by atoms with Crippen molar-refractivity contribution in [1.29, 1.82) is 0 Å². The highest BCUT2D eigenvalue weighted by molar-refractivity contribution is 7.07. The molecule has 1 atom stereocenters. The van der Waals surface area contributed by atoms with Gasteiger partial charge in [0.15, 0.2) is 0 Å². The first-order chi connectivity index (χ1) is 7.59. The summed E-state index contributed by atoms with van der Waals surface area (Å²) < 4.78 is 0. The number of rotatable bonds is 7. The van der Waals surface area contributed by atoms with Gasteiger partial charge in [-0.3, -0.25) is 0 Å². The standard InChI is InChI=1S/C13H23NOS/c1-4-13(15,5-2)10-14-11(3)8-12-6-7-16-9-12/h6-7,9,11,14-15H,4-5,8,10H2,1-3H3. The van der Waals surface area contributed by atoms with Gasteiger partial charge in [0.25, 0.3) is 0 Å². The molecule has 0 aliphatic heterocycles. The van der Waals surface area contributed by atoms with E-state index < -0.39 is 5.60 Å². The van der Waals surface area contributed by atoms with Crippen molar-refractivity contribution >= 4 is 11.3 Å². The highest BCUT2D eigenvalue weighted by atomic mass is 32.1. The number of nitrogens with one attached hydrogen (secondary N) is 1. The molecular formula is C13H23NOS. The normalized spacial score (nSPS) is 14.0. The quantitative estimate of drug-likeness (QED) is 0.769. The van der Waals surface area contributed by atoms with Gasteiger partial charge in [-0.15, -0.1) is 0 Å². The van der Waals surface area contributed by atoms with Gasteiger partial charge in [0, 0.05) is 12.6 Å². The van der Waals surface area contributed by atoms with Crippen molar-refractivity contribution in [2.75, 3.05) is 6.54 Å². The first-order valence-electron chi connectivity index (χ1n) is 6.06. The summed E-state index contributed by atoms with van der Waals surface area (Å²) in [5.41, 5.74) is 0.838. The molecule has 0 saturated heterocycles. The van der Waals surface area contributed by atoms with Crippen LogP contribution in [-0.4, -0.2) is 23.3 Å². The fourth-order valence-corrected chi connectivity index (χ4v) is 2.38. The zero-order chi connectivity index (χ0) is 12.0.